The van der Waals surface area contributed by atoms with E-state index in [1.54, 1.807) is 12.1 Å². The van der Waals surface area contributed by atoms with Crippen LogP contribution in [0.2, 0.25) is 0 Å². The van der Waals surface area contributed by atoms with Crippen LogP contribution < -0.4 is 10.7 Å². The van der Waals surface area contributed by atoms with Gasteiger partial charge in [-0.15, -0.1) is 0 Å². The predicted octanol–water partition coefficient (Wildman–Crippen LogP) is 2.06. The molecule has 9 heteroatoms. The maximum absolute atomic E-state index is 12.8. The molecule has 0 saturated carbocycles. The molecule has 0 aliphatic carbocycles. The fourth-order valence-electron chi connectivity index (χ4n) is 1.74. The SMILES string of the molecule is O=C(NCc1ccco1)C(=O)N/N=C\c1ccccc1C(F)(F)F. The number of carbonyl (C=O) groups excluding carboxylic acids is 2. The van der Waals surface area contributed by atoms with Crippen LogP contribution in [-0.2, 0) is 22.3 Å². The predicted molar refractivity (Wildman–Crippen MR) is 77.7 cm³/mol. The van der Waals surface area contributed by atoms with Gasteiger partial charge in [0, 0.05) is 5.56 Å². The number of nitrogens with one attached hydrogen (secondary N) is 2. The van der Waals surface area contributed by atoms with Crippen LogP contribution in [0.3, 0.4) is 0 Å². The molecule has 1 aromatic carbocycles. The van der Waals surface area contributed by atoms with Crippen LogP contribution in [0.15, 0.2) is 52.2 Å². The van der Waals surface area contributed by atoms with Crippen LogP contribution in [0.25, 0.3) is 0 Å². The standard InChI is InChI=1S/C15H12F3N3O3/c16-15(17,18)12-6-2-1-4-10(12)8-20-21-14(23)13(22)19-9-11-5-3-7-24-11/h1-8H,9H2,(H,19,22)(H,21,23)/b20-8-. The highest BCUT2D eigenvalue weighted by Crippen LogP contribution is 2.30. The molecule has 0 atom stereocenters. The molecule has 1 heterocycles. The molecule has 2 rings (SSSR count). The van der Waals surface area contributed by atoms with E-state index in [1.807, 2.05) is 5.43 Å². The van der Waals surface area contributed by atoms with Gasteiger partial charge >= 0.3 is 18.0 Å². The van der Waals surface area contributed by atoms with Gasteiger partial charge in [0.15, 0.2) is 0 Å². The highest BCUT2D eigenvalue weighted by Gasteiger charge is 2.32. The first-order valence-corrected chi connectivity index (χ1v) is 6.68. The normalized spacial score (nSPS) is 11.5. The number of hydrogen-bond acceptors (Lipinski definition) is 4. The Balaban J connectivity index is 1.92. The van der Waals surface area contributed by atoms with Crippen molar-refractivity contribution in [3.05, 3.63) is 59.5 Å². The van der Waals surface area contributed by atoms with Gasteiger partial charge in [0.1, 0.15) is 5.76 Å². The van der Waals surface area contributed by atoms with E-state index in [-0.39, 0.29) is 12.1 Å². The van der Waals surface area contributed by atoms with Gasteiger partial charge in [0.25, 0.3) is 0 Å². The van der Waals surface area contributed by atoms with E-state index in [0.717, 1.165) is 12.3 Å². The summed E-state index contributed by atoms with van der Waals surface area (Å²) in [5.74, 6) is -1.66. The van der Waals surface area contributed by atoms with Crippen LogP contribution in [0.1, 0.15) is 16.9 Å². The van der Waals surface area contributed by atoms with Gasteiger partial charge in [-0.05, 0) is 18.2 Å². The second kappa shape index (κ2) is 7.44. The Morgan fingerprint density at radius 1 is 1.12 bits per heavy atom. The Hall–Kier alpha value is -3.10. The number of alkyl halides is 3. The topological polar surface area (TPSA) is 83.7 Å². The van der Waals surface area contributed by atoms with Gasteiger partial charge in [0.05, 0.1) is 24.6 Å². The third-order valence-corrected chi connectivity index (χ3v) is 2.85. The number of benzene rings is 1. The van der Waals surface area contributed by atoms with Crippen molar-refractivity contribution in [3.8, 4) is 0 Å². The Morgan fingerprint density at radius 3 is 2.54 bits per heavy atom. The number of amides is 2. The molecule has 2 amide bonds. The van der Waals surface area contributed by atoms with Gasteiger partial charge in [-0.25, -0.2) is 5.43 Å². The van der Waals surface area contributed by atoms with Crippen LogP contribution in [0.5, 0.6) is 0 Å². The average molecular weight is 339 g/mol. The number of rotatable bonds is 4. The summed E-state index contributed by atoms with van der Waals surface area (Å²) in [5.41, 5.74) is 0.727. The molecule has 2 aromatic rings. The molecule has 0 saturated heterocycles. The van der Waals surface area contributed by atoms with Gasteiger partial charge in [0.2, 0.25) is 0 Å². The van der Waals surface area contributed by atoms with Crippen LogP contribution in [-0.4, -0.2) is 18.0 Å². The van der Waals surface area contributed by atoms with E-state index >= 15 is 0 Å². The quantitative estimate of drug-likeness (QED) is 0.508. The van der Waals surface area contributed by atoms with Crippen molar-refractivity contribution < 1.29 is 27.2 Å². The van der Waals surface area contributed by atoms with Gasteiger partial charge in [-0.3, -0.25) is 9.59 Å². The zero-order chi connectivity index (χ0) is 17.6. The zero-order valence-electron chi connectivity index (χ0n) is 12.1. The second-order valence-electron chi connectivity index (χ2n) is 4.55. The first-order chi connectivity index (χ1) is 11.4. The minimum atomic E-state index is -4.55. The molecule has 0 radical (unpaired) electrons. The molecule has 6 nitrogen and oxygen atoms in total. The molecule has 1 aromatic heterocycles. The minimum absolute atomic E-state index is 0.000124. The highest BCUT2D eigenvalue weighted by molar-refractivity contribution is 6.35. The van der Waals surface area contributed by atoms with E-state index in [9.17, 15) is 22.8 Å². The molecule has 0 unspecified atom stereocenters. The number of nitrogens with zero attached hydrogens (tertiary/aromatic N) is 1. The lowest BCUT2D eigenvalue weighted by Gasteiger charge is -2.09. The average Bonchev–Trinajstić information content (AvgIpc) is 3.05. The monoisotopic (exact) mass is 339 g/mol. The number of carbonyl (C=O) groups is 2. The Bertz CT molecular complexity index is 740. The Morgan fingerprint density at radius 2 is 1.88 bits per heavy atom. The summed E-state index contributed by atoms with van der Waals surface area (Å²) >= 11 is 0. The molecule has 126 valence electrons. The lowest BCUT2D eigenvalue weighted by Crippen LogP contribution is -2.37. The number of furan rings is 1. The van der Waals surface area contributed by atoms with E-state index in [4.69, 9.17) is 4.42 Å². The summed E-state index contributed by atoms with van der Waals surface area (Å²) in [6, 6.07) is 7.93. The fraction of sp³-hybridized carbons (Fsp3) is 0.133. The first kappa shape index (κ1) is 17.3. The number of hydrogen-bond donors (Lipinski definition) is 2. The summed E-state index contributed by atoms with van der Waals surface area (Å²) in [6.45, 7) is -0.000124. The lowest BCUT2D eigenvalue weighted by atomic mass is 10.1. The molecular formula is C15H12F3N3O3. The van der Waals surface area contributed by atoms with Crippen molar-refractivity contribution in [1.82, 2.24) is 10.7 Å². The molecule has 24 heavy (non-hydrogen) atoms. The summed E-state index contributed by atoms with van der Waals surface area (Å²) < 4.78 is 43.3. The molecule has 0 aliphatic rings. The van der Waals surface area contributed by atoms with Crippen molar-refractivity contribution in [3.63, 3.8) is 0 Å². The third-order valence-electron chi connectivity index (χ3n) is 2.85. The summed E-state index contributed by atoms with van der Waals surface area (Å²) in [7, 11) is 0. The second-order valence-corrected chi connectivity index (χ2v) is 4.55. The number of hydrazone groups is 1. The Kier molecular flexibility index (Phi) is 5.35. The molecule has 0 fully saturated rings. The first-order valence-electron chi connectivity index (χ1n) is 6.68. The van der Waals surface area contributed by atoms with Crippen molar-refractivity contribution in [2.75, 3.05) is 0 Å². The smallest absolute Gasteiger partial charge is 0.417 e. The van der Waals surface area contributed by atoms with E-state index in [1.165, 1.54) is 24.5 Å². The highest BCUT2D eigenvalue weighted by atomic mass is 19.4. The molecule has 0 bridgehead atoms. The van der Waals surface area contributed by atoms with Gasteiger partial charge in [-0.1, -0.05) is 18.2 Å². The largest absolute Gasteiger partial charge is 0.467 e. The van der Waals surface area contributed by atoms with Crippen molar-refractivity contribution in [2.45, 2.75) is 12.7 Å². The van der Waals surface area contributed by atoms with Crippen LogP contribution >= 0.6 is 0 Å². The van der Waals surface area contributed by atoms with Crippen molar-refractivity contribution >= 4 is 18.0 Å². The molecule has 2 N–H and O–H groups in total. The molecule has 0 spiro atoms. The summed E-state index contributed by atoms with van der Waals surface area (Å²) in [5, 5.41) is 5.64. The minimum Gasteiger partial charge on any atom is -0.467 e. The maximum atomic E-state index is 12.8. The lowest BCUT2D eigenvalue weighted by molar-refractivity contribution is -0.139. The van der Waals surface area contributed by atoms with Gasteiger partial charge < -0.3 is 9.73 Å². The summed E-state index contributed by atoms with van der Waals surface area (Å²) in [4.78, 5) is 23.0. The van der Waals surface area contributed by atoms with E-state index in [2.05, 4.69) is 10.4 Å². The Labute approximate surface area is 134 Å². The maximum Gasteiger partial charge on any atom is 0.417 e. The van der Waals surface area contributed by atoms with Gasteiger partial charge in [-0.2, -0.15) is 18.3 Å². The van der Waals surface area contributed by atoms with Crippen molar-refractivity contribution in [1.29, 1.82) is 0 Å². The number of halogens is 3. The van der Waals surface area contributed by atoms with Crippen molar-refractivity contribution in [2.24, 2.45) is 5.10 Å². The van der Waals surface area contributed by atoms with Crippen LogP contribution in [0, 0.1) is 0 Å². The third kappa shape index (κ3) is 4.70. The van der Waals surface area contributed by atoms with E-state index < -0.39 is 23.6 Å². The van der Waals surface area contributed by atoms with E-state index in [0.29, 0.717) is 5.76 Å². The zero-order valence-corrected chi connectivity index (χ0v) is 12.1. The summed E-state index contributed by atoms with van der Waals surface area (Å²) in [6.07, 6.45) is -2.32. The fourth-order valence-corrected chi connectivity index (χ4v) is 1.74. The molecule has 0 aliphatic heterocycles. The van der Waals surface area contributed by atoms with Crippen LogP contribution in [0.4, 0.5) is 13.2 Å². The molecular weight excluding hydrogens is 327 g/mol.